The van der Waals surface area contributed by atoms with E-state index >= 15 is 0 Å². The number of carbonyl (C=O) groups excluding carboxylic acids is 5. The maximum Gasteiger partial charge on any atom is 0.334 e. The highest BCUT2D eigenvalue weighted by Gasteiger charge is 2.62. The van der Waals surface area contributed by atoms with Crippen molar-refractivity contribution >= 4 is 29.8 Å². The van der Waals surface area contributed by atoms with Gasteiger partial charge in [-0.3, -0.25) is 19.7 Å². The maximum atomic E-state index is 12.5. The molecule has 6 aliphatic rings. The van der Waals surface area contributed by atoms with E-state index in [1.54, 1.807) is 0 Å². The third-order valence-electron chi connectivity index (χ3n) is 12.4. The molecule has 14 heteroatoms. The standard InChI is InChI=1S/C43H60N2O12/c1-26-30-14-12-28(10-8-20-42(3)38(56-42)36(30)54-40(26)50)24-52-34(48)18-16-32(46)44-22-6-5-7-23-45-33(47)17-19-35(49)53-25-29-11-9-21-43(4)39(57-43)37-31(15-13-29)27(2)41(51)55-37/h10-11,30-32,36-39,44,46H,1-2,5-9,12-25H2,3-4H3,(H,45,47)/b28-10+,29-11+/t30-,31-,32?,36-,37-,38-,39-,42+,43+/m0/s1. The number of aliphatic hydroxyl groups is 1. The molecule has 57 heavy (non-hydrogen) atoms. The van der Waals surface area contributed by atoms with Crippen molar-refractivity contribution < 1.29 is 57.5 Å². The second-order valence-corrected chi connectivity index (χ2v) is 16.8. The SMILES string of the molecule is C=C1C(=O)O[C@H]2[C@H]1CC/C(COC(=O)CCC(=O)NCCCCCNC(O)CCC(=O)OC/C1=C/CC[C@@]3(C)O[C@H]3[C@H]3OC(=O)C(=C)[C@@H]3CC1)=C\CC[C@@]1(C)O[C@@H]21. The van der Waals surface area contributed by atoms with E-state index < -0.39 is 12.2 Å². The normalized spacial score (nSPS) is 34.3. The Morgan fingerprint density at radius 1 is 0.789 bits per heavy atom. The van der Waals surface area contributed by atoms with Gasteiger partial charge in [-0.15, -0.1) is 0 Å². The molecule has 0 radical (unpaired) electrons. The topological polar surface area (TPSA) is 192 Å². The van der Waals surface area contributed by atoms with Gasteiger partial charge in [0.05, 0.1) is 17.6 Å². The number of nitrogens with one attached hydrogen (secondary N) is 2. The van der Waals surface area contributed by atoms with E-state index in [4.69, 9.17) is 28.4 Å². The van der Waals surface area contributed by atoms with Crippen LogP contribution in [0.4, 0.5) is 0 Å². The third-order valence-corrected chi connectivity index (χ3v) is 12.4. The van der Waals surface area contributed by atoms with Crippen LogP contribution < -0.4 is 10.6 Å². The van der Waals surface area contributed by atoms with E-state index in [0.29, 0.717) is 49.9 Å². The molecule has 0 bridgehead atoms. The predicted molar refractivity (Wildman–Crippen MR) is 206 cm³/mol. The molecule has 3 N–H and O–H groups in total. The monoisotopic (exact) mass is 796 g/mol. The first-order chi connectivity index (χ1) is 27.3. The largest absolute Gasteiger partial charge is 0.461 e. The molecule has 0 aromatic carbocycles. The second-order valence-electron chi connectivity index (χ2n) is 16.8. The molecule has 14 nitrogen and oxygen atoms in total. The van der Waals surface area contributed by atoms with E-state index in [1.807, 2.05) is 13.8 Å². The Kier molecular flexibility index (Phi) is 14.1. The van der Waals surface area contributed by atoms with Crippen molar-refractivity contribution in [1.29, 1.82) is 0 Å². The molecule has 4 aliphatic heterocycles. The molecule has 0 aromatic rings. The second kappa shape index (κ2) is 18.8. The molecular formula is C43H60N2O12. The third kappa shape index (κ3) is 11.2. The molecule has 1 amide bonds. The fourth-order valence-corrected chi connectivity index (χ4v) is 8.58. The van der Waals surface area contributed by atoms with Crippen molar-refractivity contribution in [2.75, 3.05) is 26.3 Å². The molecule has 9 atom stereocenters. The van der Waals surface area contributed by atoms with E-state index in [2.05, 4.69) is 35.9 Å². The number of unbranched alkanes of at least 4 members (excludes halogenated alkanes) is 2. The van der Waals surface area contributed by atoms with Crippen LogP contribution in [0.5, 0.6) is 0 Å². The summed E-state index contributed by atoms with van der Waals surface area (Å²) >= 11 is 0. The lowest BCUT2D eigenvalue weighted by atomic mass is 9.84. The highest BCUT2D eigenvalue weighted by molar-refractivity contribution is 5.91. The Morgan fingerprint density at radius 2 is 1.30 bits per heavy atom. The van der Waals surface area contributed by atoms with Crippen molar-refractivity contribution in [3.8, 4) is 0 Å². The first-order valence-corrected chi connectivity index (χ1v) is 20.8. The Morgan fingerprint density at radius 3 is 1.84 bits per heavy atom. The summed E-state index contributed by atoms with van der Waals surface area (Å²) in [6.07, 6.45) is 10.9. The lowest BCUT2D eigenvalue weighted by molar-refractivity contribution is -0.144. The average Bonchev–Trinajstić information content (AvgIpc) is 3.99. The lowest BCUT2D eigenvalue weighted by Gasteiger charge is -2.20. The molecule has 0 spiro atoms. The summed E-state index contributed by atoms with van der Waals surface area (Å²) in [5, 5.41) is 16.2. The molecule has 1 unspecified atom stereocenters. The van der Waals surface area contributed by atoms with Crippen molar-refractivity contribution in [3.05, 3.63) is 47.6 Å². The fourth-order valence-electron chi connectivity index (χ4n) is 8.58. The van der Waals surface area contributed by atoms with Gasteiger partial charge in [0.25, 0.3) is 0 Å². The maximum absolute atomic E-state index is 12.5. The van der Waals surface area contributed by atoms with Crippen molar-refractivity contribution in [3.63, 3.8) is 0 Å². The van der Waals surface area contributed by atoms with Gasteiger partial charge >= 0.3 is 23.9 Å². The zero-order valence-electron chi connectivity index (χ0n) is 33.5. The number of hydrogen-bond donors (Lipinski definition) is 3. The first kappa shape index (κ1) is 42.7. The Balaban J connectivity index is 0.771. The summed E-state index contributed by atoms with van der Waals surface area (Å²) in [5.74, 6) is -2.02. The van der Waals surface area contributed by atoms with Gasteiger partial charge in [0.15, 0.2) is 0 Å². The van der Waals surface area contributed by atoms with Crippen LogP contribution in [-0.2, 0) is 52.4 Å². The summed E-state index contributed by atoms with van der Waals surface area (Å²) in [7, 11) is 0. The fraction of sp³-hybridized carbons (Fsp3) is 0.698. The lowest BCUT2D eigenvalue weighted by Crippen LogP contribution is -2.30. The molecule has 4 heterocycles. The number of allylic oxidation sites excluding steroid dienone is 2. The highest BCUT2D eigenvalue weighted by Crippen LogP contribution is 2.51. The number of epoxide rings is 2. The molecule has 6 rings (SSSR count). The zero-order valence-corrected chi connectivity index (χ0v) is 33.5. The minimum atomic E-state index is -0.846. The van der Waals surface area contributed by atoms with Crippen LogP contribution in [0, 0.1) is 11.8 Å². The van der Waals surface area contributed by atoms with Gasteiger partial charge < -0.3 is 38.8 Å². The van der Waals surface area contributed by atoms with Crippen LogP contribution in [0.3, 0.4) is 0 Å². The first-order valence-electron chi connectivity index (χ1n) is 20.8. The number of aliphatic hydroxyl groups excluding tert-OH is 1. The highest BCUT2D eigenvalue weighted by atomic mass is 16.7. The van der Waals surface area contributed by atoms with E-state index in [0.717, 1.165) is 56.1 Å². The number of carbonyl (C=O) groups is 5. The number of rotatable bonds is 17. The van der Waals surface area contributed by atoms with Crippen LogP contribution in [-0.4, -0.2) is 103 Å². The molecule has 2 aliphatic carbocycles. The van der Waals surface area contributed by atoms with Gasteiger partial charge in [-0.05, 0) is 102 Å². The zero-order chi connectivity index (χ0) is 40.7. The van der Waals surface area contributed by atoms with Crippen LogP contribution in [0.15, 0.2) is 47.6 Å². The van der Waals surface area contributed by atoms with Gasteiger partial charge in [0, 0.05) is 42.4 Å². The quantitative estimate of drug-likeness (QED) is 0.0359. The van der Waals surface area contributed by atoms with Crippen LogP contribution in [0.2, 0.25) is 0 Å². The molecule has 4 fully saturated rings. The average molecular weight is 797 g/mol. The number of esters is 4. The van der Waals surface area contributed by atoms with Gasteiger partial charge in [-0.2, -0.15) is 0 Å². The molecular weight excluding hydrogens is 736 g/mol. The Bertz CT molecular complexity index is 1640. The van der Waals surface area contributed by atoms with Crippen LogP contribution in [0.1, 0.15) is 110 Å². The van der Waals surface area contributed by atoms with Crippen LogP contribution >= 0.6 is 0 Å². The Hall–Kier alpha value is -3.85. The van der Waals surface area contributed by atoms with Crippen LogP contribution in [0.25, 0.3) is 0 Å². The van der Waals surface area contributed by atoms with Gasteiger partial charge in [0.2, 0.25) is 5.91 Å². The van der Waals surface area contributed by atoms with E-state index in [1.165, 1.54) is 0 Å². The number of hydrogen-bond acceptors (Lipinski definition) is 13. The number of ether oxygens (including phenoxy) is 6. The molecule has 0 aromatic heterocycles. The van der Waals surface area contributed by atoms with E-state index in [9.17, 15) is 29.1 Å². The van der Waals surface area contributed by atoms with E-state index in [-0.39, 0.29) is 110 Å². The minimum absolute atomic E-state index is 0.0181. The summed E-state index contributed by atoms with van der Waals surface area (Å²) in [6, 6.07) is 0. The van der Waals surface area contributed by atoms with Crippen molar-refractivity contribution in [1.82, 2.24) is 10.6 Å². The smallest absolute Gasteiger partial charge is 0.334 e. The summed E-state index contributed by atoms with van der Waals surface area (Å²) in [6.45, 7) is 13.3. The molecule has 0 saturated carbocycles. The van der Waals surface area contributed by atoms with Gasteiger partial charge in [-0.1, -0.05) is 31.7 Å². The number of amides is 1. The molecule has 4 saturated heterocycles. The summed E-state index contributed by atoms with van der Waals surface area (Å²) in [4.78, 5) is 61.6. The Labute approximate surface area is 335 Å². The van der Waals surface area contributed by atoms with Gasteiger partial charge in [-0.25, -0.2) is 9.59 Å². The van der Waals surface area contributed by atoms with Gasteiger partial charge in [0.1, 0.15) is 43.9 Å². The van der Waals surface area contributed by atoms with Crippen molar-refractivity contribution in [2.45, 2.75) is 152 Å². The molecule has 314 valence electrons. The summed E-state index contributed by atoms with van der Waals surface area (Å²) in [5.41, 5.74) is 2.25. The summed E-state index contributed by atoms with van der Waals surface area (Å²) < 4.78 is 34.1. The minimum Gasteiger partial charge on any atom is -0.461 e. The number of fused-ring (bicyclic) bond motifs is 6. The predicted octanol–water partition coefficient (Wildman–Crippen LogP) is 4.34. The van der Waals surface area contributed by atoms with Crippen molar-refractivity contribution in [2.24, 2.45) is 11.8 Å².